The Morgan fingerprint density at radius 3 is 1.88 bits per heavy atom. The van der Waals surface area contributed by atoms with Crippen LogP contribution < -0.4 is 0 Å². The van der Waals surface area contributed by atoms with Gasteiger partial charge in [-0.25, -0.2) is 4.98 Å². The monoisotopic (exact) mass is 675 g/mol. The second-order valence-corrected chi connectivity index (χ2v) is 15.2. The molecule has 0 N–H and O–H groups in total. The van der Waals surface area contributed by atoms with Crippen LogP contribution in [0.1, 0.15) is 22.3 Å². The Morgan fingerprint density at radius 1 is 0.404 bits per heavy atom. The molecule has 1 heterocycles. The molecule has 0 aliphatic heterocycles. The molecule has 0 saturated heterocycles. The van der Waals surface area contributed by atoms with Gasteiger partial charge in [-0.3, -0.25) is 0 Å². The number of aromatic nitrogens is 1. The molecule has 1 nitrogen and oxygen atoms in total. The summed E-state index contributed by atoms with van der Waals surface area (Å²) in [5.74, 6) is 0. The van der Waals surface area contributed by atoms with Gasteiger partial charge in [-0.15, -0.1) is 11.3 Å². The van der Waals surface area contributed by atoms with Crippen LogP contribution in [0.4, 0.5) is 0 Å². The van der Waals surface area contributed by atoms with Crippen LogP contribution in [0, 0.1) is 0 Å². The number of nitrogens with zero attached hydrogens (tertiary/aromatic N) is 1. The molecule has 12 rings (SSSR count). The molecule has 0 radical (unpaired) electrons. The SMILES string of the molecule is c1ccc(-c2nc3ccc4ccc5ccc(-c6ccc7c(c6)C6(c8ccccc8-c8ccccc86)c6ccc8ccccc8c6-7)cc5c4c3s2)cc1. The van der Waals surface area contributed by atoms with Gasteiger partial charge in [0, 0.05) is 10.9 Å². The quantitative estimate of drug-likeness (QED) is 0.166. The number of rotatable bonds is 2. The second-order valence-electron chi connectivity index (χ2n) is 14.2. The maximum atomic E-state index is 5.10. The first-order valence-corrected chi connectivity index (χ1v) is 18.8. The molecular formula is C50H29NS. The summed E-state index contributed by atoms with van der Waals surface area (Å²) < 4.78 is 1.24. The molecule has 0 saturated carbocycles. The number of hydrogen-bond donors (Lipinski definition) is 0. The van der Waals surface area contributed by atoms with E-state index in [0.717, 1.165) is 16.1 Å². The van der Waals surface area contributed by atoms with E-state index in [-0.39, 0.29) is 0 Å². The van der Waals surface area contributed by atoms with E-state index in [1.807, 2.05) is 0 Å². The van der Waals surface area contributed by atoms with E-state index in [1.54, 1.807) is 11.3 Å². The first kappa shape index (κ1) is 28.4. The second kappa shape index (κ2) is 10.4. The minimum absolute atomic E-state index is 0.399. The van der Waals surface area contributed by atoms with E-state index in [2.05, 4.69) is 176 Å². The normalized spacial score (nSPS) is 13.5. The molecule has 52 heavy (non-hydrogen) atoms. The van der Waals surface area contributed by atoms with Gasteiger partial charge in [0.05, 0.1) is 15.6 Å². The van der Waals surface area contributed by atoms with Gasteiger partial charge >= 0.3 is 0 Å². The van der Waals surface area contributed by atoms with Gasteiger partial charge in [0.1, 0.15) is 5.01 Å². The maximum Gasteiger partial charge on any atom is 0.124 e. The summed E-state index contributed by atoms with van der Waals surface area (Å²) in [6, 6.07) is 65.5. The van der Waals surface area contributed by atoms with Crippen LogP contribution in [0.3, 0.4) is 0 Å². The first-order chi connectivity index (χ1) is 25.8. The Hall–Kier alpha value is -6.35. The van der Waals surface area contributed by atoms with Crippen LogP contribution >= 0.6 is 11.3 Å². The molecule has 2 heteroatoms. The van der Waals surface area contributed by atoms with Crippen molar-refractivity contribution < 1.29 is 0 Å². The molecule has 9 aromatic carbocycles. The standard InChI is InChI=1S/C50H29NS/c1-2-11-33(12-3-1)49-51-45-27-24-32-20-18-31-19-21-34(28-40(31)46(32)48(45)52-49)35-22-25-39-44(29-35)50(43-26-23-30-10-4-5-13-36(30)47(39)43)41-16-8-6-14-37(41)38-15-7-9-17-42(38)50/h1-29H. The molecule has 2 aliphatic rings. The average Bonchev–Trinajstić information content (AvgIpc) is 3.88. The molecule has 0 unspecified atom stereocenters. The zero-order valence-electron chi connectivity index (χ0n) is 28.1. The third-order valence-corrected chi connectivity index (χ3v) is 12.8. The Labute approximate surface area is 305 Å². The third-order valence-electron chi connectivity index (χ3n) is 11.7. The molecular weight excluding hydrogens is 647 g/mol. The lowest BCUT2D eigenvalue weighted by atomic mass is 9.70. The van der Waals surface area contributed by atoms with Crippen LogP contribution in [0.5, 0.6) is 0 Å². The van der Waals surface area contributed by atoms with Crippen molar-refractivity contribution in [1.82, 2.24) is 4.98 Å². The number of fused-ring (bicyclic) bond motifs is 17. The van der Waals surface area contributed by atoms with Crippen molar-refractivity contribution >= 4 is 53.9 Å². The highest BCUT2D eigenvalue weighted by Crippen LogP contribution is 2.64. The lowest BCUT2D eigenvalue weighted by Gasteiger charge is -2.31. The zero-order chi connectivity index (χ0) is 34.0. The molecule has 2 aliphatic carbocycles. The highest BCUT2D eigenvalue weighted by molar-refractivity contribution is 7.22. The average molecular weight is 676 g/mol. The van der Waals surface area contributed by atoms with E-state index in [9.17, 15) is 0 Å². The molecule has 10 aromatic rings. The summed E-state index contributed by atoms with van der Waals surface area (Å²) in [6.45, 7) is 0. The molecule has 1 aromatic heterocycles. The van der Waals surface area contributed by atoms with E-state index in [1.165, 1.54) is 92.7 Å². The summed E-state index contributed by atoms with van der Waals surface area (Å²) in [5, 5.41) is 8.69. The fourth-order valence-corrected chi connectivity index (χ4v) is 10.6. The molecule has 0 amide bonds. The number of benzene rings is 9. The number of hydrogen-bond acceptors (Lipinski definition) is 2. The smallest absolute Gasteiger partial charge is 0.124 e. The first-order valence-electron chi connectivity index (χ1n) is 18.0. The van der Waals surface area contributed by atoms with Crippen LogP contribution in [0.15, 0.2) is 176 Å². The van der Waals surface area contributed by atoms with Gasteiger partial charge < -0.3 is 0 Å². The summed E-state index contributed by atoms with van der Waals surface area (Å²) in [5.41, 5.74) is 15.1. The maximum absolute atomic E-state index is 5.10. The van der Waals surface area contributed by atoms with Crippen molar-refractivity contribution in [3.8, 4) is 44.0 Å². The number of thiazole rings is 1. The minimum Gasteiger partial charge on any atom is -0.236 e. The fraction of sp³-hybridized carbons (Fsp3) is 0.0200. The fourth-order valence-electron chi connectivity index (χ4n) is 9.49. The van der Waals surface area contributed by atoms with Crippen molar-refractivity contribution in [2.75, 3.05) is 0 Å². The predicted octanol–water partition coefficient (Wildman–Crippen LogP) is 13.4. The Kier molecular flexibility index (Phi) is 5.65. The topological polar surface area (TPSA) is 12.9 Å². The minimum atomic E-state index is -0.399. The summed E-state index contributed by atoms with van der Waals surface area (Å²) in [4.78, 5) is 5.10. The van der Waals surface area contributed by atoms with Gasteiger partial charge in [-0.05, 0) is 101 Å². The van der Waals surface area contributed by atoms with Gasteiger partial charge in [0.15, 0.2) is 0 Å². The third kappa shape index (κ3) is 3.64. The van der Waals surface area contributed by atoms with Gasteiger partial charge in [0.2, 0.25) is 0 Å². The highest BCUT2D eigenvalue weighted by Gasteiger charge is 2.52. The van der Waals surface area contributed by atoms with Crippen LogP contribution in [-0.2, 0) is 5.41 Å². The van der Waals surface area contributed by atoms with Crippen molar-refractivity contribution in [2.24, 2.45) is 0 Å². The Balaban J connectivity index is 1.13. The van der Waals surface area contributed by atoms with Gasteiger partial charge in [0.25, 0.3) is 0 Å². The van der Waals surface area contributed by atoms with Crippen LogP contribution in [-0.4, -0.2) is 4.98 Å². The Bertz CT molecular complexity index is 3090. The summed E-state index contributed by atoms with van der Waals surface area (Å²) in [7, 11) is 0. The van der Waals surface area contributed by atoms with Crippen molar-refractivity contribution in [3.63, 3.8) is 0 Å². The van der Waals surface area contributed by atoms with Crippen LogP contribution in [0.25, 0.3) is 86.5 Å². The molecule has 1 spiro atoms. The van der Waals surface area contributed by atoms with Crippen molar-refractivity contribution in [1.29, 1.82) is 0 Å². The summed E-state index contributed by atoms with van der Waals surface area (Å²) in [6.07, 6.45) is 0. The highest BCUT2D eigenvalue weighted by atomic mass is 32.1. The van der Waals surface area contributed by atoms with Crippen molar-refractivity contribution in [3.05, 3.63) is 198 Å². The van der Waals surface area contributed by atoms with Crippen molar-refractivity contribution in [2.45, 2.75) is 5.41 Å². The largest absolute Gasteiger partial charge is 0.236 e. The van der Waals surface area contributed by atoms with Gasteiger partial charge in [-0.2, -0.15) is 0 Å². The Morgan fingerprint density at radius 2 is 1.04 bits per heavy atom. The predicted molar refractivity (Wildman–Crippen MR) is 219 cm³/mol. The molecule has 0 bridgehead atoms. The molecule has 240 valence electrons. The van der Waals surface area contributed by atoms with E-state index in [4.69, 9.17) is 4.98 Å². The van der Waals surface area contributed by atoms with E-state index < -0.39 is 5.41 Å². The molecule has 0 atom stereocenters. The zero-order valence-corrected chi connectivity index (χ0v) is 28.9. The van der Waals surface area contributed by atoms with Crippen LogP contribution in [0.2, 0.25) is 0 Å². The lowest BCUT2D eigenvalue weighted by Crippen LogP contribution is -2.25. The van der Waals surface area contributed by atoms with E-state index in [0.29, 0.717) is 0 Å². The summed E-state index contributed by atoms with van der Waals surface area (Å²) >= 11 is 1.79. The molecule has 0 fully saturated rings. The van der Waals surface area contributed by atoms with E-state index >= 15 is 0 Å². The van der Waals surface area contributed by atoms with Gasteiger partial charge in [-0.1, -0.05) is 158 Å². The lowest BCUT2D eigenvalue weighted by molar-refractivity contribution is 0.795.